The van der Waals surface area contributed by atoms with Gasteiger partial charge in [0.1, 0.15) is 0 Å². The molecule has 4 nitrogen and oxygen atoms in total. The van der Waals surface area contributed by atoms with Crippen LogP contribution in [0.1, 0.15) is 19.8 Å². The maximum absolute atomic E-state index is 10.4. The predicted octanol–water partition coefficient (Wildman–Crippen LogP) is 1.42. The van der Waals surface area contributed by atoms with Gasteiger partial charge in [-0.2, -0.15) is 4.89 Å². The van der Waals surface area contributed by atoms with E-state index in [9.17, 15) is 4.79 Å². The predicted molar refractivity (Wildman–Crippen MR) is 43.1 cm³/mol. The second kappa shape index (κ2) is 8.23. The van der Waals surface area contributed by atoms with Crippen LogP contribution >= 0.6 is 0 Å². The smallest absolute Gasteiger partial charge is 0.351 e. The minimum Gasteiger partial charge on any atom is -0.351 e. The lowest BCUT2D eigenvalue weighted by molar-refractivity contribution is -0.306. The lowest BCUT2D eigenvalue weighted by Gasteiger charge is -2.01. The van der Waals surface area contributed by atoms with E-state index in [1.165, 1.54) is 0 Å². The number of carbonyl (C=O) groups excluding carboxylic acids is 1. The first kappa shape index (κ1) is 11.1. The number of hydrogen-bond acceptors (Lipinski definition) is 4. The van der Waals surface area contributed by atoms with Crippen molar-refractivity contribution in [3.8, 4) is 0 Å². The Hall–Kier alpha value is -0.870. The third-order valence-electron chi connectivity index (χ3n) is 1.08. The molecule has 0 N–H and O–H groups in total. The maximum Gasteiger partial charge on any atom is 0.365 e. The van der Waals surface area contributed by atoms with Gasteiger partial charge in [-0.25, -0.2) is 4.79 Å². The Kier molecular flexibility index (Phi) is 7.63. The zero-order chi connectivity index (χ0) is 9.23. The molecule has 0 fully saturated rings. The summed E-state index contributed by atoms with van der Waals surface area (Å²) in [4.78, 5) is 19.0. The van der Waals surface area contributed by atoms with Gasteiger partial charge >= 0.3 is 5.97 Å². The minimum absolute atomic E-state index is 0.0282. The van der Waals surface area contributed by atoms with Gasteiger partial charge in [0.05, 0.1) is 0 Å². The van der Waals surface area contributed by atoms with Crippen molar-refractivity contribution in [3.63, 3.8) is 0 Å². The molecule has 12 heavy (non-hydrogen) atoms. The summed E-state index contributed by atoms with van der Waals surface area (Å²) < 4.78 is 4.94. The molecule has 0 aromatic heterocycles. The number of hydrogen-bond donors (Lipinski definition) is 0. The van der Waals surface area contributed by atoms with E-state index in [0.717, 1.165) is 18.9 Å². The van der Waals surface area contributed by atoms with Gasteiger partial charge < -0.3 is 4.74 Å². The van der Waals surface area contributed by atoms with E-state index in [4.69, 9.17) is 4.74 Å². The van der Waals surface area contributed by atoms with Crippen LogP contribution in [0, 0.1) is 0 Å². The molecule has 0 aliphatic heterocycles. The molecule has 0 aliphatic carbocycles. The summed E-state index contributed by atoms with van der Waals surface area (Å²) in [6.45, 7) is 5.84. The Morgan fingerprint density at radius 3 is 2.92 bits per heavy atom. The van der Waals surface area contributed by atoms with Gasteiger partial charge in [0.2, 0.25) is 0 Å². The van der Waals surface area contributed by atoms with Crippen molar-refractivity contribution in [2.75, 3.05) is 13.4 Å². The third kappa shape index (κ3) is 7.24. The first-order chi connectivity index (χ1) is 5.81. The molecule has 4 heteroatoms. The van der Waals surface area contributed by atoms with Gasteiger partial charge in [0.15, 0.2) is 6.79 Å². The lowest BCUT2D eigenvalue weighted by Crippen LogP contribution is -2.06. The highest BCUT2D eigenvalue weighted by Crippen LogP contribution is 1.89. The molecule has 0 saturated carbocycles. The maximum atomic E-state index is 10.4. The Bertz CT molecular complexity index is 133. The van der Waals surface area contributed by atoms with Crippen LogP contribution in [0.15, 0.2) is 12.7 Å². The molecule has 0 aliphatic rings. The molecule has 0 amide bonds. The Morgan fingerprint density at radius 1 is 1.58 bits per heavy atom. The molecule has 0 saturated heterocycles. The van der Waals surface area contributed by atoms with E-state index < -0.39 is 5.97 Å². The van der Waals surface area contributed by atoms with Gasteiger partial charge in [-0.1, -0.05) is 19.9 Å². The molecule has 0 bridgehead atoms. The third-order valence-corrected chi connectivity index (χ3v) is 1.08. The van der Waals surface area contributed by atoms with Crippen molar-refractivity contribution in [2.24, 2.45) is 0 Å². The van der Waals surface area contributed by atoms with Crippen molar-refractivity contribution in [2.45, 2.75) is 19.8 Å². The van der Waals surface area contributed by atoms with E-state index >= 15 is 0 Å². The molecule has 0 radical (unpaired) electrons. The summed E-state index contributed by atoms with van der Waals surface area (Å²) in [5.41, 5.74) is 0. The average Bonchev–Trinajstić information content (AvgIpc) is 2.10. The Labute approximate surface area is 72.0 Å². The van der Waals surface area contributed by atoms with Crippen LogP contribution in [0.2, 0.25) is 0 Å². The highest BCUT2D eigenvalue weighted by Gasteiger charge is 1.94. The molecular formula is C8H14O4. The molecule has 0 aromatic carbocycles. The number of rotatable bonds is 7. The van der Waals surface area contributed by atoms with Crippen LogP contribution in [0.4, 0.5) is 0 Å². The summed E-state index contributed by atoms with van der Waals surface area (Å²) in [6.07, 6.45) is 3.05. The largest absolute Gasteiger partial charge is 0.365 e. The number of unbranched alkanes of at least 4 members (excludes halogenated alkanes) is 1. The topological polar surface area (TPSA) is 44.8 Å². The van der Waals surface area contributed by atoms with Crippen LogP contribution in [0.5, 0.6) is 0 Å². The zero-order valence-electron chi connectivity index (χ0n) is 7.25. The molecule has 70 valence electrons. The molecule has 0 heterocycles. The van der Waals surface area contributed by atoms with Crippen molar-refractivity contribution in [1.29, 1.82) is 0 Å². The highest BCUT2D eigenvalue weighted by atomic mass is 17.2. The monoisotopic (exact) mass is 174 g/mol. The SMILES string of the molecule is C=CC(=O)OOCOCCCC. The lowest BCUT2D eigenvalue weighted by atomic mass is 10.4. The summed E-state index contributed by atoms with van der Waals surface area (Å²) in [5.74, 6) is -0.617. The van der Waals surface area contributed by atoms with Gasteiger partial charge in [0, 0.05) is 12.7 Å². The van der Waals surface area contributed by atoms with Crippen molar-refractivity contribution >= 4 is 5.97 Å². The Morgan fingerprint density at radius 2 is 2.33 bits per heavy atom. The molecular weight excluding hydrogens is 160 g/mol. The number of ether oxygens (including phenoxy) is 1. The summed E-state index contributed by atoms with van der Waals surface area (Å²) in [7, 11) is 0. The number of carbonyl (C=O) groups is 1. The fourth-order valence-electron chi connectivity index (χ4n) is 0.455. The van der Waals surface area contributed by atoms with Crippen molar-refractivity contribution in [1.82, 2.24) is 0 Å². The second-order valence-corrected chi connectivity index (χ2v) is 2.10. The minimum atomic E-state index is -0.617. The fourth-order valence-corrected chi connectivity index (χ4v) is 0.455. The normalized spacial score (nSPS) is 9.42. The van der Waals surface area contributed by atoms with Crippen molar-refractivity contribution < 1.29 is 19.3 Å². The van der Waals surface area contributed by atoms with E-state index in [1.807, 2.05) is 0 Å². The fraction of sp³-hybridized carbons (Fsp3) is 0.625. The van der Waals surface area contributed by atoms with Gasteiger partial charge in [-0.15, -0.1) is 0 Å². The molecule has 0 rings (SSSR count). The first-order valence-electron chi connectivity index (χ1n) is 3.84. The van der Waals surface area contributed by atoms with Gasteiger partial charge in [-0.05, 0) is 6.42 Å². The van der Waals surface area contributed by atoms with E-state index in [-0.39, 0.29) is 6.79 Å². The Balaban J connectivity index is 3.00. The summed E-state index contributed by atoms with van der Waals surface area (Å²) in [6, 6.07) is 0. The van der Waals surface area contributed by atoms with E-state index in [1.54, 1.807) is 0 Å². The standard InChI is InChI=1S/C8H14O4/c1-3-5-6-10-7-11-12-8(9)4-2/h4H,2-3,5-7H2,1H3. The quantitative estimate of drug-likeness (QED) is 0.192. The molecule has 0 atom stereocenters. The molecule has 0 unspecified atom stereocenters. The van der Waals surface area contributed by atoms with Crippen LogP contribution in [-0.4, -0.2) is 19.4 Å². The highest BCUT2D eigenvalue weighted by molar-refractivity contribution is 5.80. The van der Waals surface area contributed by atoms with E-state index in [0.29, 0.717) is 6.61 Å². The van der Waals surface area contributed by atoms with Gasteiger partial charge in [0.25, 0.3) is 0 Å². The van der Waals surface area contributed by atoms with E-state index in [2.05, 4.69) is 23.3 Å². The van der Waals surface area contributed by atoms with Crippen LogP contribution in [-0.2, 0) is 19.3 Å². The van der Waals surface area contributed by atoms with Crippen molar-refractivity contribution in [3.05, 3.63) is 12.7 Å². The average molecular weight is 174 g/mol. The zero-order valence-corrected chi connectivity index (χ0v) is 7.25. The summed E-state index contributed by atoms with van der Waals surface area (Å²) in [5, 5.41) is 0. The molecule has 0 aromatic rings. The van der Waals surface area contributed by atoms with Crippen LogP contribution in [0.3, 0.4) is 0 Å². The summed E-state index contributed by atoms with van der Waals surface area (Å²) >= 11 is 0. The first-order valence-corrected chi connectivity index (χ1v) is 3.84. The molecule has 0 spiro atoms. The van der Waals surface area contributed by atoms with Crippen LogP contribution < -0.4 is 0 Å². The van der Waals surface area contributed by atoms with Crippen LogP contribution in [0.25, 0.3) is 0 Å². The second-order valence-electron chi connectivity index (χ2n) is 2.10. The van der Waals surface area contributed by atoms with Gasteiger partial charge in [-0.3, -0.25) is 4.89 Å².